The highest BCUT2D eigenvalue weighted by Gasteiger charge is 2.19. The Labute approximate surface area is 334 Å². The second kappa shape index (κ2) is 43.6. The van der Waals surface area contributed by atoms with E-state index in [1.165, 1.54) is 128 Å². The van der Waals surface area contributed by atoms with E-state index in [-0.39, 0.29) is 31.1 Å². The quantitative estimate of drug-likeness (QED) is 0.0267. The average molecular weight is 761 g/mol. The summed E-state index contributed by atoms with van der Waals surface area (Å²) in [5.41, 5.74) is 0. The van der Waals surface area contributed by atoms with E-state index >= 15 is 0 Å². The minimum Gasteiger partial charge on any atom is -0.462 e. The van der Waals surface area contributed by atoms with Crippen molar-refractivity contribution in [3.8, 4) is 0 Å². The Morgan fingerprint density at radius 2 is 0.667 bits per heavy atom. The molecule has 0 aromatic heterocycles. The smallest absolute Gasteiger partial charge is 0.306 e. The van der Waals surface area contributed by atoms with Crippen molar-refractivity contribution in [1.29, 1.82) is 0 Å². The standard InChI is InChI=1S/C48H88O6/c1-4-7-10-13-16-18-20-22-24-26-27-29-32-35-38-41-47(50)53-44-45(43-52-46(49)40-37-34-31-15-12-9-6-3)54-48(51)42-39-36-33-30-28-25-23-21-19-17-14-11-8-5-2/h16,18,22,24,45H,4-15,17,19-21,23,25-44H2,1-3H3/b18-16-,24-22-. The Hall–Kier alpha value is -2.11. The number of rotatable bonds is 42. The fraction of sp³-hybridized carbons (Fsp3) is 0.854. The number of hydrogen-bond donors (Lipinski definition) is 0. The molecule has 0 aliphatic carbocycles. The molecule has 0 aliphatic rings. The van der Waals surface area contributed by atoms with Crippen LogP contribution in [0, 0.1) is 0 Å². The normalized spacial score (nSPS) is 12.1. The van der Waals surface area contributed by atoms with Gasteiger partial charge in [-0.15, -0.1) is 0 Å². The van der Waals surface area contributed by atoms with Crippen molar-refractivity contribution in [3.63, 3.8) is 0 Å². The van der Waals surface area contributed by atoms with Crippen LogP contribution in [0.2, 0.25) is 0 Å². The van der Waals surface area contributed by atoms with Crippen LogP contribution in [0.1, 0.15) is 245 Å². The number of ether oxygens (including phenoxy) is 3. The van der Waals surface area contributed by atoms with E-state index in [9.17, 15) is 14.4 Å². The lowest BCUT2D eigenvalue weighted by Crippen LogP contribution is -2.30. The van der Waals surface area contributed by atoms with Gasteiger partial charge in [0, 0.05) is 19.3 Å². The van der Waals surface area contributed by atoms with Crippen molar-refractivity contribution in [2.75, 3.05) is 13.2 Å². The predicted molar refractivity (Wildman–Crippen MR) is 229 cm³/mol. The van der Waals surface area contributed by atoms with E-state index < -0.39 is 6.10 Å². The first-order valence-corrected chi connectivity index (χ1v) is 23.3. The summed E-state index contributed by atoms with van der Waals surface area (Å²) < 4.78 is 16.7. The Morgan fingerprint density at radius 3 is 1.06 bits per heavy atom. The van der Waals surface area contributed by atoms with Crippen molar-refractivity contribution < 1.29 is 28.6 Å². The number of allylic oxidation sites excluding steroid dienone is 4. The van der Waals surface area contributed by atoms with Crippen LogP contribution in [0.3, 0.4) is 0 Å². The van der Waals surface area contributed by atoms with Crippen LogP contribution in [-0.4, -0.2) is 37.2 Å². The van der Waals surface area contributed by atoms with E-state index in [2.05, 4.69) is 45.1 Å². The molecule has 0 fully saturated rings. The van der Waals surface area contributed by atoms with Gasteiger partial charge in [-0.2, -0.15) is 0 Å². The highest BCUT2D eigenvalue weighted by molar-refractivity contribution is 5.71. The second-order valence-corrected chi connectivity index (χ2v) is 15.7. The molecule has 0 saturated heterocycles. The molecule has 0 radical (unpaired) electrons. The van der Waals surface area contributed by atoms with Crippen molar-refractivity contribution in [1.82, 2.24) is 0 Å². The molecule has 1 unspecified atom stereocenters. The number of hydrogen-bond acceptors (Lipinski definition) is 6. The summed E-state index contributed by atoms with van der Waals surface area (Å²) in [7, 11) is 0. The van der Waals surface area contributed by atoms with E-state index in [1.807, 2.05) is 0 Å². The van der Waals surface area contributed by atoms with Crippen LogP contribution < -0.4 is 0 Å². The van der Waals surface area contributed by atoms with E-state index in [1.54, 1.807) is 0 Å². The number of esters is 3. The zero-order valence-electron chi connectivity index (χ0n) is 36.0. The van der Waals surface area contributed by atoms with Crippen LogP contribution in [0.4, 0.5) is 0 Å². The molecular weight excluding hydrogens is 673 g/mol. The summed E-state index contributed by atoms with van der Waals surface area (Å²) in [6.45, 7) is 6.56. The maximum Gasteiger partial charge on any atom is 0.306 e. The van der Waals surface area contributed by atoms with Gasteiger partial charge < -0.3 is 14.2 Å². The van der Waals surface area contributed by atoms with Crippen molar-refractivity contribution in [2.24, 2.45) is 0 Å². The summed E-state index contributed by atoms with van der Waals surface area (Å²) in [5.74, 6) is -0.886. The van der Waals surface area contributed by atoms with Crippen LogP contribution >= 0.6 is 0 Å². The predicted octanol–water partition coefficient (Wildman–Crippen LogP) is 14.8. The zero-order valence-corrected chi connectivity index (χ0v) is 36.0. The Bertz CT molecular complexity index is 880. The monoisotopic (exact) mass is 761 g/mol. The van der Waals surface area contributed by atoms with Gasteiger partial charge in [-0.3, -0.25) is 14.4 Å². The minimum absolute atomic E-state index is 0.0726. The third kappa shape index (κ3) is 41.1. The van der Waals surface area contributed by atoms with Crippen molar-refractivity contribution >= 4 is 17.9 Å². The number of unbranched alkanes of at least 4 members (excludes halogenated alkanes) is 27. The lowest BCUT2D eigenvalue weighted by Gasteiger charge is -2.18. The molecule has 0 N–H and O–H groups in total. The fourth-order valence-corrected chi connectivity index (χ4v) is 6.65. The van der Waals surface area contributed by atoms with Crippen LogP contribution in [-0.2, 0) is 28.6 Å². The van der Waals surface area contributed by atoms with Gasteiger partial charge in [-0.1, -0.05) is 199 Å². The molecule has 0 spiro atoms. The second-order valence-electron chi connectivity index (χ2n) is 15.7. The average Bonchev–Trinajstić information content (AvgIpc) is 3.17. The lowest BCUT2D eigenvalue weighted by atomic mass is 10.0. The highest BCUT2D eigenvalue weighted by Crippen LogP contribution is 2.15. The SMILES string of the molecule is CCCCC/C=C\C/C=C\CCCCCCCC(=O)OCC(COC(=O)CCCCCCCCC)OC(=O)CCCCCCCCCCCCCCCC. The molecule has 1 atom stereocenters. The maximum atomic E-state index is 12.7. The molecule has 6 nitrogen and oxygen atoms in total. The van der Waals surface area contributed by atoms with Gasteiger partial charge in [0.25, 0.3) is 0 Å². The molecule has 0 saturated carbocycles. The zero-order chi connectivity index (χ0) is 39.4. The number of carbonyl (C=O) groups is 3. The summed E-state index contributed by atoms with van der Waals surface area (Å²) in [5, 5.41) is 0. The molecule has 0 aromatic carbocycles. The molecule has 0 bridgehead atoms. The third-order valence-corrected chi connectivity index (χ3v) is 10.2. The Morgan fingerprint density at radius 1 is 0.370 bits per heavy atom. The first-order chi connectivity index (χ1) is 26.5. The molecule has 0 aromatic rings. The van der Waals surface area contributed by atoms with Crippen LogP contribution in [0.5, 0.6) is 0 Å². The topological polar surface area (TPSA) is 78.9 Å². The van der Waals surface area contributed by atoms with Gasteiger partial charge in [0.1, 0.15) is 13.2 Å². The maximum absolute atomic E-state index is 12.7. The van der Waals surface area contributed by atoms with E-state index in [0.29, 0.717) is 19.3 Å². The summed E-state index contributed by atoms with van der Waals surface area (Å²) in [6, 6.07) is 0. The van der Waals surface area contributed by atoms with Crippen molar-refractivity contribution in [3.05, 3.63) is 24.3 Å². The highest BCUT2D eigenvalue weighted by atomic mass is 16.6. The van der Waals surface area contributed by atoms with Gasteiger partial charge in [0.05, 0.1) is 0 Å². The van der Waals surface area contributed by atoms with Crippen molar-refractivity contribution in [2.45, 2.75) is 252 Å². The van der Waals surface area contributed by atoms with Gasteiger partial charge in [0.2, 0.25) is 0 Å². The molecule has 6 heteroatoms. The first kappa shape index (κ1) is 51.9. The van der Waals surface area contributed by atoms with Crippen LogP contribution in [0.15, 0.2) is 24.3 Å². The fourth-order valence-electron chi connectivity index (χ4n) is 6.65. The molecule has 0 amide bonds. The molecule has 0 heterocycles. The molecule has 316 valence electrons. The number of carbonyl (C=O) groups excluding carboxylic acids is 3. The molecule has 0 aliphatic heterocycles. The summed E-state index contributed by atoms with van der Waals surface area (Å²) in [4.78, 5) is 37.6. The summed E-state index contributed by atoms with van der Waals surface area (Å²) >= 11 is 0. The Kier molecular flexibility index (Phi) is 41.9. The van der Waals surface area contributed by atoms with Gasteiger partial charge in [-0.05, 0) is 51.4 Å². The first-order valence-electron chi connectivity index (χ1n) is 23.3. The van der Waals surface area contributed by atoms with E-state index in [4.69, 9.17) is 14.2 Å². The van der Waals surface area contributed by atoms with E-state index in [0.717, 1.165) is 77.0 Å². The molecular formula is C48H88O6. The molecule has 54 heavy (non-hydrogen) atoms. The van der Waals surface area contributed by atoms with Gasteiger partial charge >= 0.3 is 17.9 Å². The van der Waals surface area contributed by atoms with Crippen LogP contribution in [0.25, 0.3) is 0 Å². The van der Waals surface area contributed by atoms with Gasteiger partial charge in [0.15, 0.2) is 6.10 Å². The van der Waals surface area contributed by atoms with Gasteiger partial charge in [-0.25, -0.2) is 0 Å². The largest absolute Gasteiger partial charge is 0.462 e. The molecule has 0 rings (SSSR count). The Balaban J connectivity index is 4.30. The minimum atomic E-state index is -0.768. The third-order valence-electron chi connectivity index (χ3n) is 10.2. The lowest BCUT2D eigenvalue weighted by molar-refractivity contribution is -0.167. The summed E-state index contributed by atoms with van der Waals surface area (Å²) in [6.07, 6.45) is 47.4.